The number of sulfonamides is 1. The van der Waals surface area contributed by atoms with Gasteiger partial charge in [-0.2, -0.15) is 4.31 Å². The molecule has 7 nitrogen and oxygen atoms in total. The average molecular weight is 424 g/mol. The van der Waals surface area contributed by atoms with Crippen molar-refractivity contribution < 1.29 is 17.9 Å². The van der Waals surface area contributed by atoms with E-state index in [1.54, 1.807) is 31.4 Å². The summed E-state index contributed by atoms with van der Waals surface area (Å²) in [5.41, 5.74) is 0. The molecule has 0 spiro atoms. The highest BCUT2D eigenvalue weighted by Gasteiger charge is 2.34. The molecule has 8 heteroatoms. The predicted octanol–water partition coefficient (Wildman–Crippen LogP) is 2.09. The Bertz CT molecular complexity index is 774. The summed E-state index contributed by atoms with van der Waals surface area (Å²) in [7, 11) is -2.06. The Balaban J connectivity index is 1.57. The number of carbonyl (C=O) groups excluding carboxylic acids is 1. The quantitative estimate of drug-likeness (QED) is 0.727. The lowest BCUT2D eigenvalue weighted by atomic mass is 9.97. The van der Waals surface area contributed by atoms with E-state index in [0.717, 1.165) is 45.3 Å². The van der Waals surface area contributed by atoms with E-state index in [1.807, 2.05) is 0 Å². The van der Waals surface area contributed by atoms with E-state index in [2.05, 4.69) is 17.1 Å². The molecule has 2 aliphatic rings. The van der Waals surface area contributed by atoms with Gasteiger partial charge in [0.15, 0.2) is 0 Å². The molecule has 2 saturated heterocycles. The lowest BCUT2D eigenvalue weighted by Crippen LogP contribution is -2.50. The second kappa shape index (κ2) is 9.91. The first-order valence-corrected chi connectivity index (χ1v) is 12.0. The third-order valence-electron chi connectivity index (χ3n) is 5.93. The topological polar surface area (TPSA) is 79.0 Å². The Morgan fingerprint density at radius 3 is 2.45 bits per heavy atom. The fourth-order valence-electron chi connectivity index (χ4n) is 4.21. The third-order valence-corrected chi connectivity index (χ3v) is 7.81. The summed E-state index contributed by atoms with van der Waals surface area (Å²) in [4.78, 5) is 15.5. The smallest absolute Gasteiger partial charge is 0.243 e. The molecule has 2 aliphatic heterocycles. The van der Waals surface area contributed by atoms with Crippen LogP contribution in [0.4, 0.5) is 0 Å². The van der Waals surface area contributed by atoms with Crippen LogP contribution in [0, 0.1) is 5.92 Å². The fraction of sp³-hybridized carbons (Fsp3) is 0.667. The fourth-order valence-corrected chi connectivity index (χ4v) is 5.73. The molecule has 0 bridgehead atoms. The van der Waals surface area contributed by atoms with E-state index in [1.165, 1.54) is 4.31 Å². The molecule has 1 atom stereocenters. The number of methoxy groups -OCH3 is 1. The molecule has 1 aromatic rings. The Morgan fingerprint density at radius 1 is 1.14 bits per heavy atom. The summed E-state index contributed by atoms with van der Waals surface area (Å²) >= 11 is 0. The highest BCUT2D eigenvalue weighted by Crippen LogP contribution is 2.25. The first-order chi connectivity index (χ1) is 13.9. The largest absolute Gasteiger partial charge is 0.497 e. The van der Waals surface area contributed by atoms with Crippen LogP contribution >= 0.6 is 0 Å². The average Bonchev–Trinajstić information content (AvgIpc) is 2.75. The van der Waals surface area contributed by atoms with Crippen molar-refractivity contribution in [3.8, 4) is 5.75 Å². The molecule has 0 unspecified atom stereocenters. The zero-order valence-electron chi connectivity index (χ0n) is 17.5. The lowest BCUT2D eigenvalue weighted by molar-refractivity contribution is -0.127. The van der Waals surface area contributed by atoms with Gasteiger partial charge in [-0.1, -0.05) is 6.92 Å². The number of likely N-dealkylation sites (tertiary alicyclic amines) is 1. The van der Waals surface area contributed by atoms with Gasteiger partial charge >= 0.3 is 0 Å². The zero-order valence-corrected chi connectivity index (χ0v) is 18.3. The molecule has 1 aromatic carbocycles. The van der Waals surface area contributed by atoms with Crippen molar-refractivity contribution in [2.24, 2.45) is 5.92 Å². The maximum absolute atomic E-state index is 13.0. The van der Waals surface area contributed by atoms with Gasteiger partial charge in [-0.3, -0.25) is 4.79 Å². The van der Waals surface area contributed by atoms with Gasteiger partial charge in [0.1, 0.15) is 5.75 Å². The van der Waals surface area contributed by atoms with E-state index in [4.69, 9.17) is 4.74 Å². The molecule has 2 heterocycles. The first-order valence-electron chi connectivity index (χ1n) is 10.6. The highest BCUT2D eigenvalue weighted by atomic mass is 32.2. The first kappa shape index (κ1) is 22.1. The summed E-state index contributed by atoms with van der Waals surface area (Å²) in [5, 5.41) is 3.17. The monoisotopic (exact) mass is 423 g/mol. The second-order valence-electron chi connectivity index (χ2n) is 8.00. The van der Waals surface area contributed by atoms with Crippen LogP contribution in [0.15, 0.2) is 29.2 Å². The van der Waals surface area contributed by atoms with Crippen LogP contribution in [0.2, 0.25) is 0 Å². The van der Waals surface area contributed by atoms with E-state index >= 15 is 0 Å². The molecule has 3 rings (SSSR count). The summed E-state index contributed by atoms with van der Waals surface area (Å²) in [6.45, 7) is 6.02. The number of benzene rings is 1. The summed E-state index contributed by atoms with van der Waals surface area (Å²) in [6, 6.07) is 6.60. The summed E-state index contributed by atoms with van der Waals surface area (Å²) < 4.78 is 32.5. The van der Waals surface area contributed by atoms with Gasteiger partial charge in [-0.05, 0) is 62.9 Å². The standard InChI is InChI=1S/C21H33N3O4S/c1-3-12-23-14-10-18(11-15-23)22-21(25)17-5-4-13-24(16-17)29(26,27)20-8-6-19(28-2)7-9-20/h6-9,17-18H,3-5,10-16H2,1-2H3,(H,22,25)/t17-/m0/s1. The molecule has 0 radical (unpaired) electrons. The molecule has 0 aliphatic carbocycles. The predicted molar refractivity (Wildman–Crippen MR) is 112 cm³/mol. The van der Waals surface area contributed by atoms with Gasteiger partial charge in [-0.15, -0.1) is 0 Å². The van der Waals surface area contributed by atoms with Gasteiger partial charge in [0, 0.05) is 32.2 Å². The molecule has 1 amide bonds. The van der Waals surface area contributed by atoms with Crippen molar-refractivity contribution in [2.45, 2.75) is 50.0 Å². The number of hydrogen-bond acceptors (Lipinski definition) is 5. The van der Waals surface area contributed by atoms with Gasteiger partial charge in [0.05, 0.1) is 17.9 Å². The molecule has 1 N–H and O–H groups in total. The van der Waals surface area contributed by atoms with E-state index in [9.17, 15) is 13.2 Å². The number of amides is 1. The van der Waals surface area contributed by atoms with E-state index < -0.39 is 10.0 Å². The Hall–Kier alpha value is -1.64. The SMILES string of the molecule is CCCN1CCC(NC(=O)[C@H]2CCCN(S(=O)(=O)c3ccc(OC)cc3)C2)CC1. The van der Waals surface area contributed by atoms with Crippen LogP contribution in [-0.4, -0.2) is 69.4 Å². The minimum Gasteiger partial charge on any atom is -0.497 e. The second-order valence-corrected chi connectivity index (χ2v) is 9.94. The summed E-state index contributed by atoms with van der Waals surface area (Å²) in [6.07, 6.45) is 4.51. The van der Waals surface area contributed by atoms with Crippen molar-refractivity contribution >= 4 is 15.9 Å². The van der Waals surface area contributed by atoms with E-state index in [0.29, 0.717) is 18.7 Å². The Kier molecular flexibility index (Phi) is 7.54. The van der Waals surface area contributed by atoms with Crippen LogP contribution in [0.3, 0.4) is 0 Å². The Labute approximate surface area is 174 Å². The van der Waals surface area contributed by atoms with Crippen molar-refractivity contribution in [3.63, 3.8) is 0 Å². The molecule has 0 aromatic heterocycles. The van der Waals surface area contributed by atoms with Crippen molar-refractivity contribution in [3.05, 3.63) is 24.3 Å². The van der Waals surface area contributed by atoms with Gasteiger partial charge in [0.25, 0.3) is 0 Å². The maximum atomic E-state index is 13.0. The van der Waals surface area contributed by atoms with Crippen LogP contribution < -0.4 is 10.1 Å². The molecule has 29 heavy (non-hydrogen) atoms. The minimum atomic E-state index is -3.61. The molecular weight excluding hydrogens is 390 g/mol. The van der Waals surface area contributed by atoms with Crippen LogP contribution in [0.1, 0.15) is 39.0 Å². The highest BCUT2D eigenvalue weighted by molar-refractivity contribution is 7.89. The molecular formula is C21H33N3O4S. The number of hydrogen-bond donors (Lipinski definition) is 1. The molecule has 0 saturated carbocycles. The van der Waals surface area contributed by atoms with Crippen molar-refractivity contribution in [1.29, 1.82) is 0 Å². The number of ether oxygens (including phenoxy) is 1. The number of rotatable bonds is 7. The Morgan fingerprint density at radius 2 is 1.83 bits per heavy atom. The van der Waals surface area contributed by atoms with Gasteiger partial charge in [-0.25, -0.2) is 8.42 Å². The van der Waals surface area contributed by atoms with E-state index in [-0.39, 0.29) is 29.3 Å². The van der Waals surface area contributed by atoms with Crippen LogP contribution in [-0.2, 0) is 14.8 Å². The molecule has 2 fully saturated rings. The van der Waals surface area contributed by atoms with Gasteiger partial charge in [0.2, 0.25) is 15.9 Å². The van der Waals surface area contributed by atoms with Crippen molar-refractivity contribution in [2.75, 3.05) is 39.8 Å². The van der Waals surface area contributed by atoms with Crippen LogP contribution in [0.5, 0.6) is 5.75 Å². The number of carbonyl (C=O) groups is 1. The zero-order chi connectivity index (χ0) is 20.9. The maximum Gasteiger partial charge on any atom is 0.243 e. The number of nitrogens with one attached hydrogen (secondary N) is 1. The van der Waals surface area contributed by atoms with Gasteiger partial charge < -0.3 is 15.0 Å². The van der Waals surface area contributed by atoms with Crippen LogP contribution in [0.25, 0.3) is 0 Å². The minimum absolute atomic E-state index is 0.00595. The number of nitrogens with zero attached hydrogens (tertiary/aromatic N) is 2. The molecule has 162 valence electrons. The summed E-state index contributed by atoms with van der Waals surface area (Å²) in [5.74, 6) is 0.323. The third kappa shape index (κ3) is 5.49. The van der Waals surface area contributed by atoms with Crippen molar-refractivity contribution in [1.82, 2.24) is 14.5 Å². The lowest BCUT2D eigenvalue weighted by Gasteiger charge is -2.35. The number of piperidine rings is 2. The normalized spacial score (nSPS) is 22.3.